The predicted molar refractivity (Wildman–Crippen MR) is 111 cm³/mol. The summed E-state index contributed by atoms with van der Waals surface area (Å²) in [5.74, 6) is 0.991. The smallest absolute Gasteiger partial charge is 0.316 e. The number of nitrogens with zero attached hydrogens (tertiary/aromatic N) is 3. The molecule has 8 heteroatoms. The number of fused-ring (bicyclic) bond motifs is 3. The van der Waals surface area contributed by atoms with Gasteiger partial charge in [0, 0.05) is 43.2 Å². The minimum atomic E-state index is 0.0178. The Labute approximate surface area is 176 Å². The topological polar surface area (TPSA) is 85.8 Å². The lowest BCUT2D eigenvalue weighted by atomic mass is 9.96. The third-order valence-corrected chi connectivity index (χ3v) is 5.51. The van der Waals surface area contributed by atoms with Crippen molar-refractivity contribution >= 4 is 5.91 Å². The zero-order valence-electron chi connectivity index (χ0n) is 17.3. The van der Waals surface area contributed by atoms with Gasteiger partial charge in [0.2, 0.25) is 5.91 Å². The fraction of sp³-hybridized carbons (Fsp3) is 0.500. The number of piperidine rings is 1. The Bertz CT molecular complexity index is 859. The van der Waals surface area contributed by atoms with Crippen molar-refractivity contribution in [2.45, 2.75) is 19.4 Å². The fourth-order valence-corrected chi connectivity index (χ4v) is 3.95. The van der Waals surface area contributed by atoms with Crippen LogP contribution in [0.15, 0.2) is 30.6 Å². The molecule has 0 radical (unpaired) electrons. The van der Waals surface area contributed by atoms with Crippen LogP contribution in [0.3, 0.4) is 0 Å². The van der Waals surface area contributed by atoms with Gasteiger partial charge in [-0.15, -0.1) is 0 Å². The van der Waals surface area contributed by atoms with Gasteiger partial charge in [-0.2, -0.15) is 0 Å². The van der Waals surface area contributed by atoms with E-state index in [0.717, 1.165) is 54.9 Å². The van der Waals surface area contributed by atoms with Crippen LogP contribution in [0.1, 0.15) is 18.4 Å². The van der Waals surface area contributed by atoms with Crippen LogP contribution in [-0.4, -0.2) is 67.3 Å². The van der Waals surface area contributed by atoms with Gasteiger partial charge in [-0.3, -0.25) is 9.69 Å². The molecule has 0 spiro atoms. The summed E-state index contributed by atoms with van der Waals surface area (Å²) in [7, 11) is 1.55. The number of carbonyl (C=O) groups is 1. The van der Waals surface area contributed by atoms with Gasteiger partial charge in [0.25, 0.3) is 0 Å². The standard InChI is InChI=1S/C22H28N4O4/c1-28-22-24-12-19(13-25-22)16-4-5-20-18(11-16)15-26-7-2-3-17(14-26)21(27)23-6-8-29-9-10-30-20/h4-5,11-13,17H,2-3,6-10,14-15H2,1H3,(H,23,27). The number of carbonyl (C=O) groups excluding carboxylic acids is 1. The average Bonchev–Trinajstić information content (AvgIpc) is 2.79. The molecule has 160 valence electrons. The molecule has 3 heterocycles. The van der Waals surface area contributed by atoms with E-state index >= 15 is 0 Å². The number of hydrogen-bond donors (Lipinski definition) is 1. The number of methoxy groups -OCH3 is 1. The molecule has 2 bridgehead atoms. The second-order valence-electron chi connectivity index (χ2n) is 7.61. The molecular weight excluding hydrogens is 384 g/mol. The summed E-state index contributed by atoms with van der Waals surface area (Å²) >= 11 is 0. The van der Waals surface area contributed by atoms with E-state index in [4.69, 9.17) is 14.2 Å². The molecular formula is C22H28N4O4. The highest BCUT2D eigenvalue weighted by atomic mass is 16.5. The highest BCUT2D eigenvalue weighted by molar-refractivity contribution is 5.79. The van der Waals surface area contributed by atoms with Crippen molar-refractivity contribution in [3.05, 3.63) is 36.2 Å². The zero-order valence-corrected chi connectivity index (χ0v) is 17.3. The lowest BCUT2D eigenvalue weighted by Crippen LogP contribution is -2.43. The first-order valence-corrected chi connectivity index (χ1v) is 10.4. The van der Waals surface area contributed by atoms with E-state index in [0.29, 0.717) is 32.4 Å². The molecule has 2 atom stereocenters. The number of ether oxygens (including phenoxy) is 3. The molecule has 2 unspecified atom stereocenters. The highest BCUT2D eigenvalue weighted by Crippen LogP contribution is 2.29. The van der Waals surface area contributed by atoms with Gasteiger partial charge in [-0.05, 0) is 37.1 Å². The molecule has 2 aliphatic heterocycles. The van der Waals surface area contributed by atoms with Crippen molar-refractivity contribution in [3.8, 4) is 22.9 Å². The number of amides is 1. The molecule has 1 amide bonds. The van der Waals surface area contributed by atoms with Crippen molar-refractivity contribution < 1.29 is 19.0 Å². The monoisotopic (exact) mass is 412 g/mol. The summed E-state index contributed by atoms with van der Waals surface area (Å²) in [6, 6.07) is 6.48. The van der Waals surface area contributed by atoms with Crippen LogP contribution in [0.2, 0.25) is 0 Å². The minimum absolute atomic E-state index is 0.0178. The SMILES string of the molecule is COc1ncc(-c2ccc3c(c2)CN2CCCC(C2)C(=O)NCCOCCO3)cn1. The van der Waals surface area contributed by atoms with Gasteiger partial charge in [-0.1, -0.05) is 6.07 Å². The zero-order chi connectivity index (χ0) is 20.8. The molecule has 1 fully saturated rings. The third-order valence-electron chi connectivity index (χ3n) is 5.51. The molecule has 0 aliphatic carbocycles. The quantitative estimate of drug-likeness (QED) is 0.806. The Morgan fingerprint density at radius 1 is 1.17 bits per heavy atom. The lowest BCUT2D eigenvalue weighted by molar-refractivity contribution is -0.127. The Hall–Kier alpha value is -2.71. The van der Waals surface area contributed by atoms with Crippen molar-refractivity contribution in [1.82, 2.24) is 20.2 Å². The fourth-order valence-electron chi connectivity index (χ4n) is 3.95. The summed E-state index contributed by atoms with van der Waals surface area (Å²) < 4.78 is 16.7. The first-order chi connectivity index (χ1) is 14.7. The molecule has 8 nitrogen and oxygen atoms in total. The van der Waals surface area contributed by atoms with E-state index in [1.54, 1.807) is 19.5 Å². The largest absolute Gasteiger partial charge is 0.491 e. The summed E-state index contributed by atoms with van der Waals surface area (Å²) in [5, 5.41) is 3.00. The first-order valence-electron chi connectivity index (χ1n) is 10.4. The third kappa shape index (κ3) is 5.06. The molecule has 30 heavy (non-hydrogen) atoms. The van der Waals surface area contributed by atoms with E-state index in [1.165, 1.54) is 0 Å². The molecule has 4 rings (SSSR count). The summed E-state index contributed by atoms with van der Waals surface area (Å²) in [5.41, 5.74) is 3.02. The summed E-state index contributed by atoms with van der Waals surface area (Å²) in [4.78, 5) is 23.3. The van der Waals surface area contributed by atoms with E-state index < -0.39 is 0 Å². The molecule has 1 aromatic carbocycles. The number of benzene rings is 1. The van der Waals surface area contributed by atoms with Crippen molar-refractivity contribution in [3.63, 3.8) is 0 Å². The predicted octanol–water partition coefficient (Wildman–Crippen LogP) is 1.89. The maximum atomic E-state index is 12.5. The Kier molecular flexibility index (Phi) is 6.76. The molecule has 0 saturated carbocycles. The molecule has 2 aliphatic rings. The number of rotatable bonds is 2. The van der Waals surface area contributed by atoms with Crippen LogP contribution in [0.5, 0.6) is 11.8 Å². The van der Waals surface area contributed by atoms with Crippen molar-refractivity contribution in [1.29, 1.82) is 0 Å². The highest BCUT2D eigenvalue weighted by Gasteiger charge is 2.26. The van der Waals surface area contributed by atoms with Crippen LogP contribution in [0.4, 0.5) is 0 Å². The van der Waals surface area contributed by atoms with E-state index in [2.05, 4.69) is 26.3 Å². The molecule has 2 aromatic rings. The number of aromatic nitrogens is 2. The van der Waals surface area contributed by atoms with E-state index in [9.17, 15) is 4.79 Å². The van der Waals surface area contributed by atoms with Crippen LogP contribution < -0.4 is 14.8 Å². The van der Waals surface area contributed by atoms with Crippen LogP contribution in [-0.2, 0) is 16.1 Å². The minimum Gasteiger partial charge on any atom is -0.491 e. The van der Waals surface area contributed by atoms with E-state index in [1.807, 2.05) is 12.1 Å². The lowest BCUT2D eigenvalue weighted by Gasteiger charge is -2.32. The second kappa shape index (κ2) is 9.86. The maximum absolute atomic E-state index is 12.5. The Morgan fingerprint density at radius 2 is 2.03 bits per heavy atom. The van der Waals surface area contributed by atoms with Crippen LogP contribution >= 0.6 is 0 Å². The average molecular weight is 412 g/mol. The van der Waals surface area contributed by atoms with E-state index in [-0.39, 0.29) is 11.8 Å². The second-order valence-corrected chi connectivity index (χ2v) is 7.61. The number of hydrogen-bond acceptors (Lipinski definition) is 7. The number of nitrogens with one attached hydrogen (secondary N) is 1. The van der Waals surface area contributed by atoms with Gasteiger partial charge in [-0.25, -0.2) is 9.97 Å². The van der Waals surface area contributed by atoms with Crippen molar-refractivity contribution in [2.75, 3.05) is 46.6 Å². The van der Waals surface area contributed by atoms with Crippen molar-refractivity contribution in [2.24, 2.45) is 5.92 Å². The molecule has 1 aromatic heterocycles. The Morgan fingerprint density at radius 3 is 2.87 bits per heavy atom. The summed E-state index contributed by atoms with van der Waals surface area (Å²) in [6.07, 6.45) is 5.45. The molecule has 1 N–H and O–H groups in total. The normalized spacial score (nSPS) is 22.8. The first kappa shape index (κ1) is 20.6. The van der Waals surface area contributed by atoms with Gasteiger partial charge >= 0.3 is 6.01 Å². The van der Waals surface area contributed by atoms with Gasteiger partial charge in [0.1, 0.15) is 12.4 Å². The molecule has 1 saturated heterocycles. The van der Waals surface area contributed by atoms with Gasteiger partial charge in [0.05, 0.1) is 26.2 Å². The van der Waals surface area contributed by atoms with Crippen LogP contribution in [0.25, 0.3) is 11.1 Å². The van der Waals surface area contributed by atoms with Gasteiger partial charge < -0.3 is 19.5 Å². The Balaban J connectivity index is 1.59. The summed E-state index contributed by atoms with van der Waals surface area (Å²) in [6.45, 7) is 4.44. The van der Waals surface area contributed by atoms with Gasteiger partial charge in [0.15, 0.2) is 0 Å². The van der Waals surface area contributed by atoms with Crippen LogP contribution in [0, 0.1) is 5.92 Å². The maximum Gasteiger partial charge on any atom is 0.316 e.